The minimum Gasteiger partial charge on any atom is -0.350 e. The van der Waals surface area contributed by atoms with Crippen molar-refractivity contribution in [3.05, 3.63) is 69.3 Å². The number of sulfonamides is 1. The van der Waals surface area contributed by atoms with Crippen LogP contribution in [0, 0.1) is 10.1 Å². The summed E-state index contributed by atoms with van der Waals surface area (Å²) in [6, 6.07) is 11.7. The summed E-state index contributed by atoms with van der Waals surface area (Å²) >= 11 is 0. The van der Waals surface area contributed by atoms with E-state index >= 15 is 0 Å². The lowest BCUT2D eigenvalue weighted by atomic mass is 9.89. The van der Waals surface area contributed by atoms with Gasteiger partial charge in [0.05, 0.1) is 22.9 Å². The summed E-state index contributed by atoms with van der Waals surface area (Å²) in [7, 11) is -3.65. The van der Waals surface area contributed by atoms with Gasteiger partial charge in [-0.15, -0.1) is 0 Å². The monoisotopic (exact) mass is 459 g/mol. The number of aryl methyl sites for hydroxylation is 2. The molecular weight excluding hydrogens is 430 g/mol. The van der Waals surface area contributed by atoms with E-state index in [1.807, 2.05) is 6.92 Å². The molecule has 32 heavy (non-hydrogen) atoms. The lowest BCUT2D eigenvalue weighted by Gasteiger charge is -2.22. The highest BCUT2D eigenvalue weighted by molar-refractivity contribution is 7.92. The summed E-state index contributed by atoms with van der Waals surface area (Å²) in [6.45, 7) is 2.00. The molecule has 1 atom stereocenters. The zero-order chi connectivity index (χ0) is 23.3. The van der Waals surface area contributed by atoms with Gasteiger partial charge in [0.15, 0.2) is 0 Å². The van der Waals surface area contributed by atoms with Gasteiger partial charge in [0.25, 0.3) is 5.69 Å². The van der Waals surface area contributed by atoms with Crippen molar-refractivity contribution in [1.29, 1.82) is 0 Å². The molecule has 3 rings (SSSR count). The largest absolute Gasteiger partial charge is 0.350 e. The van der Waals surface area contributed by atoms with Gasteiger partial charge >= 0.3 is 0 Å². The first-order valence-electron chi connectivity index (χ1n) is 10.8. The van der Waals surface area contributed by atoms with Gasteiger partial charge in [-0.2, -0.15) is 0 Å². The molecule has 1 aliphatic carbocycles. The summed E-state index contributed by atoms with van der Waals surface area (Å²) in [5.41, 5.74) is 3.83. The Bertz CT molecular complexity index is 1100. The average Bonchev–Trinajstić information content (AvgIpc) is 2.75. The van der Waals surface area contributed by atoms with Crippen LogP contribution in [0.25, 0.3) is 0 Å². The molecular formula is C23H29N3O5S. The van der Waals surface area contributed by atoms with Crippen LogP contribution >= 0.6 is 0 Å². The van der Waals surface area contributed by atoms with Crippen LogP contribution in [0.15, 0.2) is 42.5 Å². The van der Waals surface area contributed by atoms with Gasteiger partial charge in [0.1, 0.15) is 0 Å². The number of benzene rings is 2. The molecule has 8 nitrogen and oxygen atoms in total. The molecule has 1 N–H and O–H groups in total. The third-order valence-corrected chi connectivity index (χ3v) is 6.94. The number of nitro benzene ring substituents is 1. The van der Waals surface area contributed by atoms with E-state index in [4.69, 9.17) is 0 Å². The standard InChI is InChI=1S/C23H29N3O5S/c1-17(19-13-12-18-7-3-4-8-20(18)15-19)24-23(27)11-6-14-25(32(2,30)31)21-9-5-10-22(16-21)26(28)29/h5,9-10,12-13,15-17H,3-4,6-8,11,14H2,1-2H3,(H,24,27)/t17-/m0/s1. The van der Waals surface area contributed by atoms with Crippen LogP contribution in [0.3, 0.4) is 0 Å². The quantitative estimate of drug-likeness (QED) is 0.452. The SMILES string of the molecule is C[C@H](NC(=O)CCCN(c1cccc([N+](=O)[O-])c1)S(C)(=O)=O)c1ccc2c(c1)CCCC2. The van der Waals surface area contributed by atoms with Gasteiger partial charge in [-0.3, -0.25) is 19.2 Å². The minimum atomic E-state index is -3.65. The number of amides is 1. The fraction of sp³-hybridized carbons (Fsp3) is 0.435. The molecule has 0 heterocycles. The number of hydrogen-bond donors (Lipinski definition) is 1. The van der Waals surface area contributed by atoms with Gasteiger partial charge in [-0.25, -0.2) is 8.42 Å². The maximum absolute atomic E-state index is 12.5. The van der Waals surface area contributed by atoms with Crippen LogP contribution in [-0.2, 0) is 27.7 Å². The second kappa shape index (κ2) is 10.1. The topological polar surface area (TPSA) is 110 Å². The third kappa shape index (κ3) is 6.06. The van der Waals surface area contributed by atoms with Crippen LogP contribution in [0.2, 0.25) is 0 Å². The highest BCUT2D eigenvalue weighted by Crippen LogP contribution is 2.25. The van der Waals surface area contributed by atoms with Gasteiger partial charge in [0, 0.05) is 25.1 Å². The number of carbonyl (C=O) groups is 1. The van der Waals surface area contributed by atoms with Crippen LogP contribution in [0.5, 0.6) is 0 Å². The Labute approximate surface area is 188 Å². The summed E-state index contributed by atoms with van der Waals surface area (Å²) in [4.78, 5) is 22.9. The number of fused-ring (bicyclic) bond motifs is 1. The Morgan fingerprint density at radius 1 is 1.16 bits per heavy atom. The minimum absolute atomic E-state index is 0.0562. The Morgan fingerprint density at radius 3 is 2.56 bits per heavy atom. The Morgan fingerprint density at radius 2 is 1.88 bits per heavy atom. The Kier molecular flexibility index (Phi) is 7.50. The zero-order valence-corrected chi connectivity index (χ0v) is 19.2. The predicted octanol–water partition coefficient (Wildman–Crippen LogP) is 3.90. The van der Waals surface area contributed by atoms with E-state index in [1.165, 1.54) is 48.2 Å². The maximum Gasteiger partial charge on any atom is 0.271 e. The molecule has 172 valence electrons. The molecule has 9 heteroatoms. The van der Waals surface area contributed by atoms with Crippen molar-refractivity contribution in [3.63, 3.8) is 0 Å². The van der Waals surface area contributed by atoms with E-state index in [2.05, 4.69) is 23.5 Å². The van der Waals surface area contributed by atoms with Crippen molar-refractivity contribution in [2.75, 3.05) is 17.1 Å². The summed E-state index contributed by atoms with van der Waals surface area (Å²) in [5, 5.41) is 14.0. The highest BCUT2D eigenvalue weighted by Gasteiger charge is 2.20. The first-order valence-corrected chi connectivity index (χ1v) is 12.6. The average molecular weight is 460 g/mol. The smallest absolute Gasteiger partial charge is 0.271 e. The van der Waals surface area contributed by atoms with Crippen LogP contribution < -0.4 is 9.62 Å². The molecule has 0 saturated heterocycles. The normalized spacial score (nSPS) is 14.3. The number of anilines is 1. The van der Waals surface area contributed by atoms with Gasteiger partial charge < -0.3 is 5.32 Å². The third-order valence-electron chi connectivity index (χ3n) is 5.74. The van der Waals surface area contributed by atoms with Crippen molar-refractivity contribution in [2.45, 2.75) is 51.5 Å². The summed E-state index contributed by atoms with van der Waals surface area (Å²) in [6.07, 6.45) is 6.08. The van der Waals surface area contributed by atoms with E-state index in [0.29, 0.717) is 6.42 Å². The molecule has 1 aliphatic rings. The fourth-order valence-corrected chi connectivity index (χ4v) is 5.01. The lowest BCUT2D eigenvalue weighted by molar-refractivity contribution is -0.384. The number of non-ortho nitro benzene ring substituents is 1. The number of nitrogens with one attached hydrogen (secondary N) is 1. The molecule has 0 radical (unpaired) electrons. The zero-order valence-electron chi connectivity index (χ0n) is 18.4. The molecule has 0 bridgehead atoms. The molecule has 2 aromatic carbocycles. The predicted molar refractivity (Wildman–Crippen MR) is 124 cm³/mol. The van der Waals surface area contributed by atoms with Crippen LogP contribution in [0.4, 0.5) is 11.4 Å². The Balaban J connectivity index is 1.58. The number of nitro groups is 1. The van der Waals surface area contributed by atoms with Crippen molar-refractivity contribution < 1.29 is 18.1 Å². The first-order chi connectivity index (χ1) is 15.1. The molecule has 0 aliphatic heterocycles. The van der Waals surface area contributed by atoms with Gasteiger partial charge in [-0.05, 0) is 61.8 Å². The second-order valence-electron chi connectivity index (χ2n) is 8.24. The van der Waals surface area contributed by atoms with E-state index < -0.39 is 14.9 Å². The highest BCUT2D eigenvalue weighted by atomic mass is 32.2. The van der Waals surface area contributed by atoms with Crippen LogP contribution in [0.1, 0.15) is 55.3 Å². The number of nitrogens with zero attached hydrogens (tertiary/aromatic N) is 2. The lowest BCUT2D eigenvalue weighted by Crippen LogP contribution is -2.32. The number of carbonyl (C=O) groups excluding carboxylic acids is 1. The van der Waals surface area contributed by atoms with Gasteiger partial charge in [0.2, 0.25) is 15.9 Å². The van der Waals surface area contributed by atoms with Crippen LogP contribution in [-0.4, -0.2) is 32.0 Å². The van der Waals surface area contributed by atoms with E-state index in [1.54, 1.807) is 0 Å². The number of rotatable bonds is 9. The molecule has 0 fully saturated rings. The fourth-order valence-electron chi connectivity index (χ4n) is 4.05. The molecule has 2 aromatic rings. The van der Waals surface area contributed by atoms with E-state index in [9.17, 15) is 23.3 Å². The van der Waals surface area contributed by atoms with Crippen molar-refractivity contribution >= 4 is 27.3 Å². The molecule has 0 unspecified atom stereocenters. The summed E-state index contributed by atoms with van der Waals surface area (Å²) in [5.74, 6) is -0.164. The van der Waals surface area contributed by atoms with Gasteiger partial charge in [-0.1, -0.05) is 24.3 Å². The molecule has 0 spiro atoms. The number of hydrogen-bond acceptors (Lipinski definition) is 5. The van der Waals surface area contributed by atoms with E-state index in [0.717, 1.165) is 29.0 Å². The van der Waals surface area contributed by atoms with E-state index in [-0.39, 0.29) is 36.3 Å². The van der Waals surface area contributed by atoms with Crippen molar-refractivity contribution in [1.82, 2.24) is 5.32 Å². The summed E-state index contributed by atoms with van der Waals surface area (Å²) < 4.78 is 25.5. The molecule has 1 amide bonds. The molecule has 0 saturated carbocycles. The maximum atomic E-state index is 12.5. The van der Waals surface area contributed by atoms with Crippen molar-refractivity contribution in [3.8, 4) is 0 Å². The molecule has 0 aromatic heterocycles. The Hall–Kier alpha value is -2.94. The second-order valence-corrected chi connectivity index (χ2v) is 10.1. The van der Waals surface area contributed by atoms with Crippen molar-refractivity contribution in [2.24, 2.45) is 0 Å². The first kappa shape index (κ1) is 23.7.